The Hall–Kier alpha value is -0.830. The Balaban J connectivity index is 1.65. The Kier molecular flexibility index (Phi) is 3.78. The first-order valence-corrected chi connectivity index (χ1v) is 6.06. The molecule has 0 aliphatic heterocycles. The van der Waals surface area contributed by atoms with Gasteiger partial charge in [0, 0.05) is 31.4 Å². The molecule has 3 nitrogen and oxygen atoms in total. The van der Waals surface area contributed by atoms with Crippen LogP contribution in [-0.4, -0.2) is 22.6 Å². The molecule has 1 aromatic rings. The van der Waals surface area contributed by atoms with Gasteiger partial charge in [-0.2, -0.15) is 0 Å². The molecule has 3 heteroatoms. The standard InChI is InChI=1S/C12H21N3/c1-10-3-2-4-11(9-10)13-6-5-12-14-7-8-15-12/h7-8,10-11,13H,2-6,9H2,1H3,(H,14,15). The second kappa shape index (κ2) is 5.31. The van der Waals surface area contributed by atoms with Crippen LogP contribution >= 0.6 is 0 Å². The van der Waals surface area contributed by atoms with E-state index in [1.807, 2.05) is 12.4 Å². The van der Waals surface area contributed by atoms with Gasteiger partial charge in [0.1, 0.15) is 5.82 Å². The predicted octanol–water partition coefficient (Wildman–Crippen LogP) is 2.12. The van der Waals surface area contributed by atoms with Crippen LogP contribution in [0.3, 0.4) is 0 Å². The van der Waals surface area contributed by atoms with Crippen LogP contribution in [0.15, 0.2) is 12.4 Å². The van der Waals surface area contributed by atoms with E-state index < -0.39 is 0 Å². The number of aromatic amines is 1. The lowest BCUT2D eigenvalue weighted by Crippen LogP contribution is -2.34. The Bertz CT molecular complexity index is 268. The van der Waals surface area contributed by atoms with Crippen molar-refractivity contribution in [3.63, 3.8) is 0 Å². The molecule has 1 aliphatic carbocycles. The number of hydrogen-bond acceptors (Lipinski definition) is 2. The quantitative estimate of drug-likeness (QED) is 0.794. The van der Waals surface area contributed by atoms with E-state index in [2.05, 4.69) is 22.2 Å². The van der Waals surface area contributed by atoms with Crippen molar-refractivity contribution in [2.24, 2.45) is 5.92 Å². The number of hydrogen-bond donors (Lipinski definition) is 2. The van der Waals surface area contributed by atoms with Crippen molar-refractivity contribution in [2.75, 3.05) is 6.54 Å². The Labute approximate surface area is 91.7 Å². The minimum Gasteiger partial charge on any atom is -0.349 e. The van der Waals surface area contributed by atoms with Crippen molar-refractivity contribution >= 4 is 0 Å². The van der Waals surface area contributed by atoms with Gasteiger partial charge in [-0.25, -0.2) is 4.98 Å². The summed E-state index contributed by atoms with van der Waals surface area (Å²) in [7, 11) is 0. The van der Waals surface area contributed by atoms with E-state index in [1.54, 1.807) is 0 Å². The summed E-state index contributed by atoms with van der Waals surface area (Å²) in [5.41, 5.74) is 0. The fourth-order valence-electron chi connectivity index (χ4n) is 2.45. The van der Waals surface area contributed by atoms with Gasteiger partial charge in [0.2, 0.25) is 0 Å². The average Bonchev–Trinajstić information content (AvgIpc) is 2.71. The number of H-pyrrole nitrogens is 1. The molecule has 0 amide bonds. The molecule has 1 fully saturated rings. The summed E-state index contributed by atoms with van der Waals surface area (Å²) >= 11 is 0. The van der Waals surface area contributed by atoms with Crippen LogP contribution < -0.4 is 5.32 Å². The summed E-state index contributed by atoms with van der Waals surface area (Å²) in [6.45, 7) is 3.41. The number of imidazole rings is 1. The average molecular weight is 207 g/mol. The molecule has 2 N–H and O–H groups in total. The molecule has 0 bridgehead atoms. The zero-order valence-corrected chi connectivity index (χ0v) is 9.50. The second-order valence-corrected chi connectivity index (χ2v) is 4.71. The molecule has 0 aromatic carbocycles. The molecular formula is C12H21N3. The lowest BCUT2D eigenvalue weighted by atomic mass is 9.87. The third-order valence-corrected chi connectivity index (χ3v) is 3.29. The monoisotopic (exact) mass is 207 g/mol. The molecule has 0 spiro atoms. The molecular weight excluding hydrogens is 186 g/mol. The SMILES string of the molecule is CC1CCCC(NCCc2ncc[nH]2)C1. The van der Waals surface area contributed by atoms with Gasteiger partial charge >= 0.3 is 0 Å². The molecule has 0 saturated heterocycles. The zero-order chi connectivity index (χ0) is 10.5. The van der Waals surface area contributed by atoms with Crippen molar-refractivity contribution in [3.8, 4) is 0 Å². The number of rotatable bonds is 4. The third-order valence-electron chi connectivity index (χ3n) is 3.29. The fourth-order valence-corrected chi connectivity index (χ4v) is 2.45. The predicted molar refractivity (Wildman–Crippen MR) is 61.7 cm³/mol. The summed E-state index contributed by atoms with van der Waals surface area (Å²) in [6, 6.07) is 0.740. The highest BCUT2D eigenvalue weighted by Crippen LogP contribution is 2.23. The first-order chi connectivity index (χ1) is 7.34. The van der Waals surface area contributed by atoms with E-state index >= 15 is 0 Å². The van der Waals surface area contributed by atoms with Crippen molar-refractivity contribution < 1.29 is 0 Å². The second-order valence-electron chi connectivity index (χ2n) is 4.71. The van der Waals surface area contributed by atoms with Gasteiger partial charge in [-0.15, -0.1) is 0 Å². The van der Waals surface area contributed by atoms with E-state index in [9.17, 15) is 0 Å². The molecule has 1 heterocycles. The van der Waals surface area contributed by atoms with Gasteiger partial charge in [-0.05, 0) is 18.8 Å². The normalized spacial score (nSPS) is 26.7. The molecule has 1 aliphatic rings. The first kappa shape index (κ1) is 10.7. The molecule has 2 rings (SSSR count). The van der Waals surface area contributed by atoms with Gasteiger partial charge in [-0.1, -0.05) is 19.8 Å². The molecule has 15 heavy (non-hydrogen) atoms. The van der Waals surface area contributed by atoms with Crippen LogP contribution in [0.5, 0.6) is 0 Å². The highest BCUT2D eigenvalue weighted by molar-refractivity contribution is 4.88. The van der Waals surface area contributed by atoms with E-state index in [1.165, 1.54) is 25.7 Å². The maximum Gasteiger partial charge on any atom is 0.107 e. The molecule has 1 saturated carbocycles. The molecule has 84 valence electrons. The maximum atomic E-state index is 4.22. The van der Waals surface area contributed by atoms with Crippen LogP contribution in [0.1, 0.15) is 38.4 Å². The van der Waals surface area contributed by atoms with Crippen LogP contribution in [0.2, 0.25) is 0 Å². The van der Waals surface area contributed by atoms with Crippen LogP contribution in [0, 0.1) is 5.92 Å². The highest BCUT2D eigenvalue weighted by atomic mass is 14.9. The van der Waals surface area contributed by atoms with E-state index in [4.69, 9.17) is 0 Å². The molecule has 1 aromatic heterocycles. The maximum absolute atomic E-state index is 4.22. The topological polar surface area (TPSA) is 40.7 Å². The van der Waals surface area contributed by atoms with E-state index in [0.29, 0.717) is 0 Å². The van der Waals surface area contributed by atoms with Crippen molar-refractivity contribution in [2.45, 2.75) is 45.1 Å². The van der Waals surface area contributed by atoms with Crippen molar-refractivity contribution in [3.05, 3.63) is 18.2 Å². The Morgan fingerprint density at radius 3 is 3.20 bits per heavy atom. The molecule has 2 atom stereocenters. The first-order valence-electron chi connectivity index (χ1n) is 6.06. The minimum absolute atomic E-state index is 0.740. The Morgan fingerprint density at radius 2 is 2.47 bits per heavy atom. The summed E-state index contributed by atoms with van der Waals surface area (Å²) in [6.07, 6.45) is 10.2. The third kappa shape index (κ3) is 3.34. The van der Waals surface area contributed by atoms with Crippen LogP contribution in [0.4, 0.5) is 0 Å². The lowest BCUT2D eigenvalue weighted by molar-refractivity contribution is 0.302. The smallest absolute Gasteiger partial charge is 0.107 e. The zero-order valence-electron chi connectivity index (χ0n) is 9.50. The lowest BCUT2D eigenvalue weighted by Gasteiger charge is -2.27. The largest absolute Gasteiger partial charge is 0.349 e. The van der Waals surface area contributed by atoms with E-state index in [0.717, 1.165) is 30.7 Å². The summed E-state index contributed by atoms with van der Waals surface area (Å²) < 4.78 is 0. The van der Waals surface area contributed by atoms with Crippen molar-refractivity contribution in [1.82, 2.24) is 15.3 Å². The van der Waals surface area contributed by atoms with Gasteiger partial charge in [0.05, 0.1) is 0 Å². The van der Waals surface area contributed by atoms with Crippen LogP contribution in [-0.2, 0) is 6.42 Å². The number of nitrogens with zero attached hydrogens (tertiary/aromatic N) is 1. The van der Waals surface area contributed by atoms with Gasteiger partial charge in [0.15, 0.2) is 0 Å². The summed E-state index contributed by atoms with van der Waals surface area (Å²) in [4.78, 5) is 7.35. The fraction of sp³-hybridized carbons (Fsp3) is 0.750. The minimum atomic E-state index is 0.740. The summed E-state index contributed by atoms with van der Waals surface area (Å²) in [5, 5.41) is 3.63. The number of nitrogens with one attached hydrogen (secondary N) is 2. The highest BCUT2D eigenvalue weighted by Gasteiger charge is 2.17. The Morgan fingerprint density at radius 1 is 1.53 bits per heavy atom. The number of aromatic nitrogens is 2. The molecule has 0 radical (unpaired) electrons. The van der Waals surface area contributed by atoms with Gasteiger partial charge < -0.3 is 10.3 Å². The van der Waals surface area contributed by atoms with Gasteiger partial charge in [0.25, 0.3) is 0 Å². The van der Waals surface area contributed by atoms with Gasteiger partial charge in [-0.3, -0.25) is 0 Å². The van der Waals surface area contributed by atoms with Crippen LogP contribution in [0.25, 0.3) is 0 Å². The van der Waals surface area contributed by atoms with Crippen molar-refractivity contribution in [1.29, 1.82) is 0 Å². The van der Waals surface area contributed by atoms with E-state index in [-0.39, 0.29) is 0 Å². The molecule has 2 unspecified atom stereocenters. The summed E-state index contributed by atoms with van der Waals surface area (Å²) in [5.74, 6) is 1.99.